The molecule has 2 aromatic heterocycles. The van der Waals surface area contributed by atoms with Crippen LogP contribution in [0.5, 0.6) is 0 Å². The standard InChI is InChI=1S/C11H12BrN5S/c12-9-10(16-13)14-6-15-11(9)17-3-1-8-7(5-17)2-4-18-8/h2,4,6H,1,3,5,13H2,(H,14,15,16). The molecule has 3 heterocycles. The summed E-state index contributed by atoms with van der Waals surface area (Å²) in [4.78, 5) is 12.1. The molecule has 0 bridgehead atoms. The first-order chi connectivity index (χ1) is 8.79. The summed E-state index contributed by atoms with van der Waals surface area (Å²) >= 11 is 5.33. The molecule has 3 N–H and O–H groups in total. The van der Waals surface area contributed by atoms with E-state index < -0.39 is 0 Å². The molecule has 94 valence electrons. The third-order valence-electron chi connectivity index (χ3n) is 3.02. The smallest absolute Gasteiger partial charge is 0.159 e. The second kappa shape index (κ2) is 4.83. The van der Waals surface area contributed by atoms with Crippen molar-refractivity contribution in [1.82, 2.24) is 9.97 Å². The fourth-order valence-electron chi connectivity index (χ4n) is 2.11. The van der Waals surface area contributed by atoms with E-state index in [0.29, 0.717) is 5.82 Å². The third-order valence-corrected chi connectivity index (χ3v) is 4.77. The van der Waals surface area contributed by atoms with Crippen molar-refractivity contribution < 1.29 is 0 Å². The van der Waals surface area contributed by atoms with E-state index >= 15 is 0 Å². The SMILES string of the molecule is NNc1ncnc(N2CCc3sccc3C2)c1Br. The lowest BCUT2D eigenvalue weighted by Crippen LogP contribution is -2.30. The van der Waals surface area contributed by atoms with Crippen LogP contribution < -0.4 is 16.2 Å². The number of hydrazine groups is 1. The fraction of sp³-hybridized carbons (Fsp3) is 0.273. The minimum atomic E-state index is 0.608. The zero-order valence-electron chi connectivity index (χ0n) is 9.56. The lowest BCUT2D eigenvalue weighted by atomic mass is 10.1. The zero-order valence-corrected chi connectivity index (χ0v) is 12.0. The molecule has 1 aliphatic heterocycles. The van der Waals surface area contributed by atoms with Crippen LogP contribution in [0.25, 0.3) is 0 Å². The van der Waals surface area contributed by atoms with Gasteiger partial charge >= 0.3 is 0 Å². The van der Waals surface area contributed by atoms with Gasteiger partial charge in [0.25, 0.3) is 0 Å². The highest BCUT2D eigenvalue weighted by Gasteiger charge is 2.21. The minimum absolute atomic E-state index is 0.608. The second-order valence-electron chi connectivity index (χ2n) is 4.04. The Hall–Kier alpha value is -1.18. The molecule has 1 aliphatic rings. The highest BCUT2D eigenvalue weighted by Crippen LogP contribution is 2.33. The number of nitrogens with one attached hydrogen (secondary N) is 1. The Morgan fingerprint density at radius 2 is 2.33 bits per heavy atom. The molecule has 0 spiro atoms. The average Bonchev–Trinajstić information content (AvgIpc) is 2.86. The van der Waals surface area contributed by atoms with E-state index in [1.807, 2.05) is 11.3 Å². The Morgan fingerprint density at radius 3 is 3.17 bits per heavy atom. The van der Waals surface area contributed by atoms with Crippen molar-refractivity contribution in [1.29, 1.82) is 0 Å². The van der Waals surface area contributed by atoms with Crippen molar-refractivity contribution in [2.45, 2.75) is 13.0 Å². The maximum atomic E-state index is 5.42. The topological polar surface area (TPSA) is 67.1 Å². The van der Waals surface area contributed by atoms with Gasteiger partial charge in [-0.2, -0.15) is 0 Å². The van der Waals surface area contributed by atoms with E-state index in [9.17, 15) is 0 Å². The number of rotatable bonds is 2. The number of nitrogen functional groups attached to an aromatic ring is 1. The van der Waals surface area contributed by atoms with Gasteiger partial charge in [-0.25, -0.2) is 15.8 Å². The number of nitrogens with zero attached hydrogens (tertiary/aromatic N) is 3. The van der Waals surface area contributed by atoms with Crippen LogP contribution in [-0.2, 0) is 13.0 Å². The van der Waals surface area contributed by atoms with Gasteiger partial charge in [-0.1, -0.05) is 0 Å². The molecular formula is C11H12BrN5S. The van der Waals surface area contributed by atoms with Gasteiger partial charge in [0.15, 0.2) is 5.82 Å². The molecule has 0 saturated carbocycles. The summed E-state index contributed by atoms with van der Waals surface area (Å²) in [6.07, 6.45) is 2.59. The van der Waals surface area contributed by atoms with E-state index in [2.05, 4.69) is 47.7 Å². The predicted molar refractivity (Wildman–Crippen MR) is 76.6 cm³/mol. The number of halogens is 1. The Labute approximate surface area is 117 Å². The third kappa shape index (κ3) is 1.98. The van der Waals surface area contributed by atoms with Crippen molar-refractivity contribution >= 4 is 38.9 Å². The van der Waals surface area contributed by atoms with E-state index in [-0.39, 0.29) is 0 Å². The molecule has 0 fully saturated rings. The number of anilines is 2. The molecule has 3 rings (SSSR count). The first-order valence-electron chi connectivity index (χ1n) is 5.57. The summed E-state index contributed by atoms with van der Waals surface area (Å²) < 4.78 is 0.811. The van der Waals surface area contributed by atoms with E-state index in [4.69, 9.17) is 5.84 Å². The van der Waals surface area contributed by atoms with Gasteiger partial charge < -0.3 is 10.3 Å². The van der Waals surface area contributed by atoms with Gasteiger partial charge in [0, 0.05) is 18.0 Å². The lowest BCUT2D eigenvalue weighted by Gasteiger charge is -2.28. The van der Waals surface area contributed by atoms with Crippen LogP contribution in [0.1, 0.15) is 10.4 Å². The summed E-state index contributed by atoms with van der Waals surface area (Å²) in [5.41, 5.74) is 3.95. The molecule has 0 aromatic carbocycles. The lowest BCUT2D eigenvalue weighted by molar-refractivity contribution is 0.728. The Bertz CT molecular complexity index is 570. The van der Waals surface area contributed by atoms with Gasteiger partial charge in [-0.15, -0.1) is 11.3 Å². The van der Waals surface area contributed by atoms with Gasteiger partial charge in [0.05, 0.1) is 0 Å². The molecule has 2 aromatic rings. The number of nitrogens with two attached hydrogens (primary N) is 1. The highest BCUT2D eigenvalue weighted by atomic mass is 79.9. The molecule has 0 radical (unpaired) electrons. The quantitative estimate of drug-likeness (QED) is 0.654. The van der Waals surface area contributed by atoms with Crippen LogP contribution in [0.15, 0.2) is 22.2 Å². The molecule has 0 atom stereocenters. The molecule has 7 heteroatoms. The number of hydrogen-bond acceptors (Lipinski definition) is 6. The molecule has 0 unspecified atom stereocenters. The van der Waals surface area contributed by atoms with Crippen molar-refractivity contribution in [3.05, 3.63) is 32.7 Å². The van der Waals surface area contributed by atoms with E-state index in [1.54, 1.807) is 0 Å². The van der Waals surface area contributed by atoms with Crippen molar-refractivity contribution in [3.8, 4) is 0 Å². The summed E-state index contributed by atoms with van der Waals surface area (Å²) in [5, 5.41) is 2.15. The number of thiophene rings is 1. The van der Waals surface area contributed by atoms with Crippen molar-refractivity contribution in [2.75, 3.05) is 16.9 Å². The largest absolute Gasteiger partial charge is 0.351 e. The van der Waals surface area contributed by atoms with Gasteiger partial charge in [-0.3, -0.25) is 0 Å². The van der Waals surface area contributed by atoms with Crippen LogP contribution in [0.4, 0.5) is 11.6 Å². The molecule has 0 saturated heterocycles. The van der Waals surface area contributed by atoms with Crippen LogP contribution in [0.3, 0.4) is 0 Å². The molecular weight excluding hydrogens is 314 g/mol. The summed E-state index contributed by atoms with van der Waals surface area (Å²) in [7, 11) is 0. The van der Waals surface area contributed by atoms with Gasteiger partial charge in [0.2, 0.25) is 0 Å². The van der Waals surface area contributed by atoms with Crippen LogP contribution >= 0.6 is 27.3 Å². The molecule has 0 amide bonds. The summed E-state index contributed by atoms with van der Waals surface area (Å²) in [6, 6.07) is 2.18. The second-order valence-corrected chi connectivity index (χ2v) is 5.84. The Balaban J connectivity index is 1.93. The van der Waals surface area contributed by atoms with Gasteiger partial charge in [0.1, 0.15) is 16.6 Å². The number of hydrogen-bond donors (Lipinski definition) is 2. The zero-order chi connectivity index (χ0) is 12.5. The van der Waals surface area contributed by atoms with Crippen molar-refractivity contribution in [3.63, 3.8) is 0 Å². The molecule has 18 heavy (non-hydrogen) atoms. The Kier molecular flexibility index (Phi) is 3.19. The van der Waals surface area contributed by atoms with Crippen molar-refractivity contribution in [2.24, 2.45) is 5.84 Å². The average molecular weight is 326 g/mol. The maximum Gasteiger partial charge on any atom is 0.159 e. The van der Waals surface area contributed by atoms with Crippen LogP contribution in [-0.4, -0.2) is 16.5 Å². The molecule has 0 aliphatic carbocycles. The summed E-state index contributed by atoms with van der Waals surface area (Å²) in [6.45, 7) is 1.85. The number of aromatic nitrogens is 2. The normalized spacial score (nSPS) is 14.4. The monoisotopic (exact) mass is 325 g/mol. The minimum Gasteiger partial charge on any atom is -0.351 e. The molecule has 5 nitrogen and oxygen atoms in total. The maximum absolute atomic E-state index is 5.42. The van der Waals surface area contributed by atoms with E-state index in [1.165, 1.54) is 16.8 Å². The van der Waals surface area contributed by atoms with E-state index in [0.717, 1.165) is 29.8 Å². The Morgan fingerprint density at radius 1 is 1.44 bits per heavy atom. The first-order valence-corrected chi connectivity index (χ1v) is 7.24. The summed E-state index contributed by atoms with van der Waals surface area (Å²) in [5.74, 6) is 6.91. The highest BCUT2D eigenvalue weighted by molar-refractivity contribution is 9.10. The van der Waals surface area contributed by atoms with Gasteiger partial charge in [-0.05, 0) is 39.4 Å². The first kappa shape index (κ1) is 11.9. The fourth-order valence-corrected chi connectivity index (χ4v) is 3.57. The van der Waals surface area contributed by atoms with Crippen LogP contribution in [0.2, 0.25) is 0 Å². The number of fused-ring (bicyclic) bond motifs is 1. The van der Waals surface area contributed by atoms with Crippen LogP contribution in [0, 0.1) is 0 Å². The predicted octanol–water partition coefficient (Wildman–Crippen LogP) is 2.15.